The van der Waals surface area contributed by atoms with Crippen molar-refractivity contribution in [1.29, 1.82) is 5.26 Å². The van der Waals surface area contributed by atoms with E-state index in [0.717, 1.165) is 21.6 Å². The van der Waals surface area contributed by atoms with Gasteiger partial charge in [-0.05, 0) is 42.5 Å². The van der Waals surface area contributed by atoms with Gasteiger partial charge in [-0.2, -0.15) is 5.26 Å². The molecule has 5 heteroatoms. The molecule has 0 amide bonds. The predicted octanol–water partition coefficient (Wildman–Crippen LogP) is 3.40. The lowest BCUT2D eigenvalue weighted by Gasteiger charge is -2.09. The monoisotopic (exact) mass is 331 g/mol. The van der Waals surface area contributed by atoms with Gasteiger partial charge in [0.05, 0.1) is 11.6 Å². The molecule has 0 unspecified atom stereocenters. The molecule has 3 N–H and O–H groups in total. The van der Waals surface area contributed by atoms with Crippen molar-refractivity contribution in [3.05, 3.63) is 52.5 Å². The molecule has 0 spiro atoms. The molecule has 0 aliphatic heterocycles. The smallest absolute Gasteiger partial charge is 0.119 e. The summed E-state index contributed by atoms with van der Waals surface area (Å²) in [4.78, 5) is 0. The number of benzene rings is 2. The lowest BCUT2D eigenvalue weighted by atomic mass is 10.2. The van der Waals surface area contributed by atoms with E-state index in [1.54, 1.807) is 12.1 Å². The van der Waals surface area contributed by atoms with E-state index >= 15 is 0 Å². The largest absolute Gasteiger partial charge is 0.492 e. The first-order valence-corrected chi connectivity index (χ1v) is 6.91. The summed E-state index contributed by atoms with van der Waals surface area (Å²) in [5.74, 6) is 0.785. The number of nitrogens with zero attached hydrogens (tertiary/aromatic N) is 1. The Morgan fingerprint density at radius 2 is 1.90 bits per heavy atom. The topological polar surface area (TPSA) is 71.1 Å². The summed E-state index contributed by atoms with van der Waals surface area (Å²) in [5.41, 5.74) is 7.76. The van der Waals surface area contributed by atoms with Crippen molar-refractivity contribution in [1.82, 2.24) is 0 Å². The summed E-state index contributed by atoms with van der Waals surface area (Å²) >= 11 is 3.38. The van der Waals surface area contributed by atoms with Gasteiger partial charge in [0, 0.05) is 22.4 Å². The third-order valence-electron chi connectivity index (χ3n) is 2.56. The predicted molar refractivity (Wildman–Crippen MR) is 83.1 cm³/mol. The lowest BCUT2D eigenvalue weighted by molar-refractivity contribution is 0.328. The second-order valence-corrected chi connectivity index (χ2v) is 5.04. The fourth-order valence-electron chi connectivity index (χ4n) is 1.70. The quantitative estimate of drug-likeness (QED) is 0.880. The van der Waals surface area contributed by atoms with E-state index in [9.17, 15) is 0 Å². The number of hydrogen-bond donors (Lipinski definition) is 2. The zero-order valence-electron chi connectivity index (χ0n) is 10.8. The van der Waals surface area contributed by atoms with Crippen LogP contribution in [-0.2, 0) is 0 Å². The van der Waals surface area contributed by atoms with Crippen molar-refractivity contribution in [2.45, 2.75) is 0 Å². The van der Waals surface area contributed by atoms with Gasteiger partial charge in [-0.1, -0.05) is 15.9 Å². The molecule has 0 aromatic heterocycles. The molecule has 0 fully saturated rings. The van der Waals surface area contributed by atoms with Crippen LogP contribution in [0.3, 0.4) is 0 Å². The Bertz CT molecular complexity index is 620. The highest BCUT2D eigenvalue weighted by molar-refractivity contribution is 9.10. The molecule has 2 aromatic carbocycles. The van der Waals surface area contributed by atoms with Crippen LogP contribution >= 0.6 is 15.9 Å². The van der Waals surface area contributed by atoms with Crippen molar-refractivity contribution in [2.75, 3.05) is 18.5 Å². The highest BCUT2D eigenvalue weighted by Gasteiger charge is 2.00. The van der Waals surface area contributed by atoms with Gasteiger partial charge >= 0.3 is 0 Å². The van der Waals surface area contributed by atoms with Gasteiger partial charge in [0.15, 0.2) is 0 Å². The Morgan fingerprint density at radius 1 is 1.15 bits per heavy atom. The molecule has 20 heavy (non-hydrogen) atoms. The second kappa shape index (κ2) is 6.94. The average molecular weight is 332 g/mol. The Labute approximate surface area is 126 Å². The highest BCUT2D eigenvalue weighted by Crippen LogP contribution is 2.24. The first-order chi connectivity index (χ1) is 9.71. The van der Waals surface area contributed by atoms with Crippen LogP contribution in [0.4, 0.5) is 11.4 Å². The maximum absolute atomic E-state index is 8.95. The summed E-state index contributed by atoms with van der Waals surface area (Å²) in [6, 6.07) is 15.2. The van der Waals surface area contributed by atoms with Gasteiger partial charge in [0.1, 0.15) is 12.4 Å². The Balaban J connectivity index is 2.10. The van der Waals surface area contributed by atoms with Crippen molar-refractivity contribution < 1.29 is 4.74 Å². The molecule has 0 bridgehead atoms. The van der Waals surface area contributed by atoms with E-state index in [1.165, 1.54) is 0 Å². The van der Waals surface area contributed by atoms with Crippen molar-refractivity contribution in [3.63, 3.8) is 0 Å². The number of nitrogens with two attached hydrogens (primary N) is 1. The molecule has 0 aliphatic rings. The molecule has 4 nitrogen and oxygen atoms in total. The van der Waals surface area contributed by atoms with Gasteiger partial charge in [0.2, 0.25) is 0 Å². The van der Waals surface area contributed by atoms with E-state index in [0.29, 0.717) is 18.7 Å². The first-order valence-electron chi connectivity index (χ1n) is 6.12. The fourth-order valence-corrected chi connectivity index (χ4v) is 2.20. The number of ether oxygens (including phenoxy) is 1. The van der Waals surface area contributed by atoms with Crippen LogP contribution in [-0.4, -0.2) is 13.2 Å². The van der Waals surface area contributed by atoms with Gasteiger partial charge in [-0.15, -0.1) is 0 Å². The number of halogens is 1. The molecule has 2 aromatic rings. The molecular formula is C15H14BrN3O. The normalized spacial score (nSPS) is 9.85. The van der Waals surface area contributed by atoms with Crippen LogP contribution in [0.25, 0.3) is 0 Å². The van der Waals surface area contributed by atoms with Crippen LogP contribution in [0.2, 0.25) is 0 Å². The molecule has 0 aliphatic carbocycles. The summed E-state index contributed by atoms with van der Waals surface area (Å²) < 4.78 is 6.28. The summed E-state index contributed by atoms with van der Waals surface area (Å²) in [6.07, 6.45) is 0. The van der Waals surface area contributed by atoms with Crippen LogP contribution < -0.4 is 15.8 Å². The Kier molecular flexibility index (Phi) is 4.99. The van der Waals surface area contributed by atoms with Gasteiger partial charge in [0.25, 0.3) is 0 Å². The zero-order chi connectivity index (χ0) is 14.4. The average Bonchev–Trinajstić information content (AvgIpc) is 2.46. The maximum Gasteiger partial charge on any atom is 0.119 e. The third kappa shape index (κ3) is 3.98. The van der Waals surface area contributed by atoms with E-state index < -0.39 is 0 Å². The molecule has 0 saturated heterocycles. The third-order valence-corrected chi connectivity index (χ3v) is 3.01. The summed E-state index contributed by atoms with van der Waals surface area (Å²) in [6.45, 7) is 0.999. The molecule has 0 saturated carbocycles. The minimum absolute atomic E-state index is 0.495. The fraction of sp³-hybridized carbons (Fsp3) is 0.133. The maximum atomic E-state index is 8.95. The number of hydrogen-bond acceptors (Lipinski definition) is 4. The SMILES string of the molecule is N#Cc1cc(Br)cc(Nc2ccc(OCCN)cc2)c1. The Hall–Kier alpha value is -2.03. The van der Waals surface area contributed by atoms with Crippen molar-refractivity contribution >= 4 is 27.3 Å². The van der Waals surface area contributed by atoms with Gasteiger partial charge in [-0.3, -0.25) is 0 Å². The van der Waals surface area contributed by atoms with E-state index in [-0.39, 0.29) is 0 Å². The minimum atomic E-state index is 0.495. The standard InChI is InChI=1S/C15H14BrN3O/c16-12-7-11(10-18)8-14(9-12)19-13-1-3-15(4-2-13)20-6-5-17/h1-4,7-9,19H,5-6,17H2. The number of anilines is 2. The Morgan fingerprint density at radius 3 is 2.55 bits per heavy atom. The highest BCUT2D eigenvalue weighted by atomic mass is 79.9. The summed E-state index contributed by atoms with van der Waals surface area (Å²) in [7, 11) is 0. The van der Waals surface area contributed by atoms with Crippen LogP contribution in [0, 0.1) is 11.3 Å². The van der Waals surface area contributed by atoms with Crippen molar-refractivity contribution in [2.24, 2.45) is 5.73 Å². The van der Waals surface area contributed by atoms with Crippen LogP contribution in [0.1, 0.15) is 5.56 Å². The molecule has 0 heterocycles. The number of rotatable bonds is 5. The number of nitriles is 1. The zero-order valence-corrected chi connectivity index (χ0v) is 12.4. The molecule has 2 rings (SSSR count). The van der Waals surface area contributed by atoms with E-state index in [2.05, 4.69) is 27.3 Å². The van der Waals surface area contributed by atoms with E-state index in [1.807, 2.05) is 30.3 Å². The van der Waals surface area contributed by atoms with Crippen LogP contribution in [0.15, 0.2) is 46.9 Å². The van der Waals surface area contributed by atoms with Crippen LogP contribution in [0.5, 0.6) is 5.75 Å². The molecule has 0 radical (unpaired) electrons. The van der Waals surface area contributed by atoms with E-state index in [4.69, 9.17) is 15.7 Å². The summed E-state index contributed by atoms with van der Waals surface area (Å²) in [5, 5.41) is 12.2. The molecule has 102 valence electrons. The first kappa shape index (κ1) is 14.4. The lowest BCUT2D eigenvalue weighted by Crippen LogP contribution is -2.10. The van der Waals surface area contributed by atoms with Gasteiger partial charge < -0.3 is 15.8 Å². The van der Waals surface area contributed by atoms with Crippen molar-refractivity contribution in [3.8, 4) is 11.8 Å². The number of nitrogens with one attached hydrogen (secondary N) is 1. The minimum Gasteiger partial charge on any atom is -0.492 e. The molecule has 0 atom stereocenters. The molecular weight excluding hydrogens is 318 g/mol. The van der Waals surface area contributed by atoms with Gasteiger partial charge in [-0.25, -0.2) is 0 Å². The second-order valence-electron chi connectivity index (χ2n) is 4.13.